The molecule has 2 heteroatoms. The zero-order chi connectivity index (χ0) is 8.93. The maximum atomic E-state index is 3.34. The molecule has 0 spiro atoms. The molecule has 76 valence electrons. The van der Waals surface area contributed by atoms with E-state index in [4.69, 9.17) is 0 Å². The number of nitrogens with zero attached hydrogens (tertiary/aromatic N) is 1. The van der Waals surface area contributed by atoms with E-state index in [1.54, 1.807) is 0 Å². The lowest BCUT2D eigenvalue weighted by Gasteiger charge is -2.30. The Morgan fingerprint density at radius 2 is 1.85 bits per heavy atom. The molecule has 0 unspecified atom stereocenters. The third-order valence-electron chi connectivity index (χ3n) is 3.40. The molecule has 2 rings (SSSR count). The highest BCUT2D eigenvalue weighted by Gasteiger charge is 2.16. The molecule has 0 aromatic carbocycles. The Bertz CT molecular complexity index is 137. The zero-order valence-electron chi connectivity index (χ0n) is 8.60. The van der Waals surface area contributed by atoms with E-state index in [1.165, 1.54) is 64.8 Å². The standard InChI is InChI=1S/C11H22N2/c1-2-6-13(7-3-1)8-4-5-11-9-12-10-11/h11-12H,1-10H2. The van der Waals surface area contributed by atoms with Gasteiger partial charge in [-0.25, -0.2) is 0 Å². The van der Waals surface area contributed by atoms with Gasteiger partial charge >= 0.3 is 0 Å². The second-order valence-electron chi connectivity index (χ2n) is 4.57. The summed E-state index contributed by atoms with van der Waals surface area (Å²) in [5.41, 5.74) is 0. The van der Waals surface area contributed by atoms with Gasteiger partial charge in [0.2, 0.25) is 0 Å². The summed E-state index contributed by atoms with van der Waals surface area (Å²) in [5.74, 6) is 1.00. The minimum Gasteiger partial charge on any atom is -0.316 e. The second kappa shape index (κ2) is 4.97. The van der Waals surface area contributed by atoms with Crippen LogP contribution in [0.1, 0.15) is 32.1 Å². The van der Waals surface area contributed by atoms with Crippen LogP contribution < -0.4 is 5.32 Å². The van der Waals surface area contributed by atoms with E-state index in [-0.39, 0.29) is 0 Å². The average molecular weight is 182 g/mol. The molecule has 0 aliphatic carbocycles. The van der Waals surface area contributed by atoms with Crippen molar-refractivity contribution in [1.29, 1.82) is 0 Å². The molecule has 2 heterocycles. The van der Waals surface area contributed by atoms with Crippen molar-refractivity contribution in [2.45, 2.75) is 32.1 Å². The van der Waals surface area contributed by atoms with E-state index >= 15 is 0 Å². The van der Waals surface area contributed by atoms with Crippen LogP contribution >= 0.6 is 0 Å². The lowest BCUT2D eigenvalue weighted by Crippen LogP contribution is -2.42. The molecule has 0 radical (unpaired) electrons. The average Bonchev–Trinajstić information content (AvgIpc) is 2.11. The number of hydrogen-bond donors (Lipinski definition) is 1. The normalized spacial score (nSPS) is 25.8. The third-order valence-corrected chi connectivity index (χ3v) is 3.40. The molecule has 2 aliphatic heterocycles. The van der Waals surface area contributed by atoms with Crippen LogP contribution in [0.2, 0.25) is 0 Å². The molecule has 2 fully saturated rings. The Labute approximate surface area is 81.7 Å². The first-order valence-electron chi connectivity index (χ1n) is 5.88. The Balaban J connectivity index is 1.50. The van der Waals surface area contributed by atoms with Crippen LogP contribution in [0.5, 0.6) is 0 Å². The maximum Gasteiger partial charge on any atom is -0.000825 e. The van der Waals surface area contributed by atoms with Gasteiger partial charge in [-0.3, -0.25) is 0 Å². The predicted octanol–water partition coefficient (Wildman–Crippen LogP) is 1.47. The first-order chi connectivity index (χ1) is 6.45. The lowest BCUT2D eigenvalue weighted by molar-refractivity contribution is 0.212. The van der Waals surface area contributed by atoms with Gasteiger partial charge < -0.3 is 10.2 Å². The van der Waals surface area contributed by atoms with Gasteiger partial charge in [0.25, 0.3) is 0 Å². The highest BCUT2D eigenvalue weighted by molar-refractivity contribution is 4.75. The summed E-state index contributed by atoms with van der Waals surface area (Å²) in [6.07, 6.45) is 7.20. The minimum atomic E-state index is 1.00. The van der Waals surface area contributed by atoms with Crippen molar-refractivity contribution in [2.24, 2.45) is 5.92 Å². The van der Waals surface area contributed by atoms with E-state index in [2.05, 4.69) is 10.2 Å². The number of piperidine rings is 1. The maximum absolute atomic E-state index is 3.34. The van der Waals surface area contributed by atoms with Crippen LogP contribution in [0.4, 0.5) is 0 Å². The Hall–Kier alpha value is -0.0800. The fourth-order valence-corrected chi connectivity index (χ4v) is 2.34. The fraction of sp³-hybridized carbons (Fsp3) is 1.00. The quantitative estimate of drug-likeness (QED) is 0.708. The first-order valence-corrected chi connectivity index (χ1v) is 5.88. The van der Waals surface area contributed by atoms with Crippen molar-refractivity contribution in [3.05, 3.63) is 0 Å². The molecule has 0 atom stereocenters. The molecule has 0 amide bonds. The Morgan fingerprint density at radius 3 is 2.46 bits per heavy atom. The highest BCUT2D eigenvalue weighted by atomic mass is 15.1. The van der Waals surface area contributed by atoms with Gasteiger partial charge in [0, 0.05) is 0 Å². The molecule has 2 saturated heterocycles. The van der Waals surface area contributed by atoms with Crippen molar-refractivity contribution < 1.29 is 0 Å². The second-order valence-corrected chi connectivity index (χ2v) is 4.57. The van der Waals surface area contributed by atoms with Gasteiger partial charge in [0.15, 0.2) is 0 Å². The molecule has 2 aliphatic rings. The SMILES string of the molecule is C1CCN(CCCC2CNC2)CC1. The van der Waals surface area contributed by atoms with E-state index in [1.807, 2.05) is 0 Å². The number of hydrogen-bond acceptors (Lipinski definition) is 2. The van der Waals surface area contributed by atoms with Gasteiger partial charge in [0.1, 0.15) is 0 Å². The topological polar surface area (TPSA) is 15.3 Å². The van der Waals surface area contributed by atoms with E-state index in [0.717, 1.165) is 5.92 Å². The Morgan fingerprint density at radius 1 is 1.08 bits per heavy atom. The van der Waals surface area contributed by atoms with E-state index in [0.29, 0.717) is 0 Å². The molecular formula is C11H22N2. The summed E-state index contributed by atoms with van der Waals surface area (Å²) in [5, 5.41) is 3.34. The predicted molar refractivity (Wildman–Crippen MR) is 55.9 cm³/mol. The van der Waals surface area contributed by atoms with Crippen LogP contribution in [-0.4, -0.2) is 37.6 Å². The third kappa shape index (κ3) is 2.96. The first kappa shape index (κ1) is 9.47. The van der Waals surface area contributed by atoms with Crippen molar-refractivity contribution in [3.63, 3.8) is 0 Å². The monoisotopic (exact) mass is 182 g/mol. The molecular weight excluding hydrogens is 160 g/mol. The zero-order valence-corrected chi connectivity index (χ0v) is 8.60. The molecule has 0 saturated carbocycles. The lowest BCUT2D eigenvalue weighted by atomic mass is 9.97. The molecule has 13 heavy (non-hydrogen) atoms. The summed E-state index contributed by atoms with van der Waals surface area (Å²) in [7, 11) is 0. The van der Waals surface area contributed by atoms with Crippen molar-refractivity contribution in [2.75, 3.05) is 32.7 Å². The molecule has 2 nitrogen and oxygen atoms in total. The molecule has 0 aromatic heterocycles. The molecule has 0 aromatic rings. The number of nitrogens with one attached hydrogen (secondary N) is 1. The van der Waals surface area contributed by atoms with Gasteiger partial charge in [-0.1, -0.05) is 6.42 Å². The number of likely N-dealkylation sites (tertiary alicyclic amines) is 1. The summed E-state index contributed by atoms with van der Waals surface area (Å²) >= 11 is 0. The number of rotatable bonds is 4. The van der Waals surface area contributed by atoms with Crippen molar-refractivity contribution in [1.82, 2.24) is 10.2 Å². The largest absolute Gasteiger partial charge is 0.316 e. The van der Waals surface area contributed by atoms with E-state index in [9.17, 15) is 0 Å². The highest BCUT2D eigenvalue weighted by Crippen LogP contribution is 2.13. The minimum absolute atomic E-state index is 1.00. The fourth-order valence-electron chi connectivity index (χ4n) is 2.34. The molecule has 0 bridgehead atoms. The van der Waals surface area contributed by atoms with Crippen LogP contribution in [0.25, 0.3) is 0 Å². The summed E-state index contributed by atoms with van der Waals surface area (Å²) < 4.78 is 0. The van der Waals surface area contributed by atoms with Crippen LogP contribution in [0.15, 0.2) is 0 Å². The van der Waals surface area contributed by atoms with Crippen molar-refractivity contribution >= 4 is 0 Å². The van der Waals surface area contributed by atoms with Gasteiger partial charge in [0.05, 0.1) is 0 Å². The Kier molecular flexibility index (Phi) is 3.62. The smallest absolute Gasteiger partial charge is 0.000825 e. The van der Waals surface area contributed by atoms with Gasteiger partial charge in [-0.2, -0.15) is 0 Å². The van der Waals surface area contributed by atoms with Crippen LogP contribution in [0, 0.1) is 5.92 Å². The van der Waals surface area contributed by atoms with Gasteiger partial charge in [-0.05, 0) is 64.3 Å². The van der Waals surface area contributed by atoms with Crippen molar-refractivity contribution in [3.8, 4) is 0 Å². The van der Waals surface area contributed by atoms with E-state index < -0.39 is 0 Å². The molecule has 1 N–H and O–H groups in total. The van der Waals surface area contributed by atoms with Crippen LogP contribution in [0.3, 0.4) is 0 Å². The summed E-state index contributed by atoms with van der Waals surface area (Å²) in [6.45, 7) is 6.64. The summed E-state index contributed by atoms with van der Waals surface area (Å²) in [6, 6.07) is 0. The van der Waals surface area contributed by atoms with Crippen LogP contribution in [-0.2, 0) is 0 Å². The van der Waals surface area contributed by atoms with Gasteiger partial charge in [-0.15, -0.1) is 0 Å². The summed E-state index contributed by atoms with van der Waals surface area (Å²) in [4.78, 5) is 2.65.